The van der Waals surface area contributed by atoms with Gasteiger partial charge in [-0.15, -0.1) is 0 Å². The molecule has 0 saturated heterocycles. The van der Waals surface area contributed by atoms with Crippen molar-refractivity contribution >= 4 is 5.57 Å². The lowest BCUT2D eigenvalue weighted by atomic mass is 9.82. The van der Waals surface area contributed by atoms with E-state index in [1.54, 1.807) is 7.11 Å². The number of methoxy groups -OCH3 is 1. The predicted octanol–water partition coefficient (Wildman–Crippen LogP) is 5.28. The van der Waals surface area contributed by atoms with Crippen LogP contribution in [0, 0.1) is 0 Å². The van der Waals surface area contributed by atoms with Crippen molar-refractivity contribution in [1.29, 1.82) is 0 Å². The van der Waals surface area contributed by atoms with E-state index in [1.165, 1.54) is 33.4 Å². The van der Waals surface area contributed by atoms with E-state index >= 15 is 0 Å². The highest BCUT2D eigenvalue weighted by Crippen LogP contribution is 2.37. The number of fused-ring (bicyclic) bond motifs is 1. The van der Waals surface area contributed by atoms with E-state index in [-0.39, 0.29) is 0 Å². The van der Waals surface area contributed by atoms with Gasteiger partial charge in [0.1, 0.15) is 5.75 Å². The standard InChI is InChI=1S/C26H27NO/c1-28-24-14-15-25-22(18-24)12-13-23(26(25)21-10-6-3-7-11-21)19-27-17-16-20-8-4-2-5-9-20/h2-11,14-15,18,27H,12-13,16-17,19H2,1H3. The van der Waals surface area contributed by atoms with Crippen molar-refractivity contribution in [2.24, 2.45) is 0 Å². The van der Waals surface area contributed by atoms with Gasteiger partial charge in [-0.25, -0.2) is 0 Å². The molecule has 2 heteroatoms. The zero-order chi connectivity index (χ0) is 19.2. The SMILES string of the molecule is COc1ccc2c(c1)CCC(CNCCc1ccccc1)=C2c1ccccc1. The van der Waals surface area contributed by atoms with E-state index in [1.807, 2.05) is 0 Å². The molecule has 0 atom stereocenters. The molecule has 0 unspecified atom stereocenters. The zero-order valence-corrected chi connectivity index (χ0v) is 16.4. The van der Waals surface area contributed by atoms with Gasteiger partial charge in [0.25, 0.3) is 0 Å². The van der Waals surface area contributed by atoms with Crippen molar-refractivity contribution in [3.8, 4) is 5.75 Å². The van der Waals surface area contributed by atoms with Gasteiger partial charge in [0.2, 0.25) is 0 Å². The molecule has 0 aromatic heterocycles. The van der Waals surface area contributed by atoms with Gasteiger partial charge in [0.15, 0.2) is 0 Å². The second kappa shape index (κ2) is 8.90. The molecule has 0 aliphatic heterocycles. The van der Waals surface area contributed by atoms with Gasteiger partial charge >= 0.3 is 0 Å². The molecule has 1 aliphatic carbocycles. The van der Waals surface area contributed by atoms with Crippen molar-refractivity contribution < 1.29 is 4.74 Å². The fourth-order valence-electron chi connectivity index (χ4n) is 4.01. The normalized spacial score (nSPS) is 13.3. The van der Waals surface area contributed by atoms with Crippen molar-refractivity contribution in [3.63, 3.8) is 0 Å². The van der Waals surface area contributed by atoms with Crippen LogP contribution in [-0.4, -0.2) is 20.2 Å². The highest BCUT2D eigenvalue weighted by Gasteiger charge is 2.20. The fourth-order valence-corrected chi connectivity index (χ4v) is 4.01. The van der Waals surface area contributed by atoms with Gasteiger partial charge in [0, 0.05) is 6.54 Å². The van der Waals surface area contributed by atoms with Crippen LogP contribution in [0.3, 0.4) is 0 Å². The van der Waals surface area contributed by atoms with Gasteiger partial charge in [-0.2, -0.15) is 0 Å². The summed E-state index contributed by atoms with van der Waals surface area (Å²) in [5.41, 5.74) is 8.29. The first-order chi connectivity index (χ1) is 13.8. The van der Waals surface area contributed by atoms with Gasteiger partial charge in [-0.1, -0.05) is 66.7 Å². The molecule has 0 saturated carbocycles. The molecule has 0 radical (unpaired) electrons. The largest absolute Gasteiger partial charge is 0.497 e. The van der Waals surface area contributed by atoms with E-state index < -0.39 is 0 Å². The van der Waals surface area contributed by atoms with Crippen LogP contribution in [0.15, 0.2) is 84.4 Å². The van der Waals surface area contributed by atoms with Crippen molar-refractivity contribution in [3.05, 3.63) is 107 Å². The Morgan fingerprint density at radius 2 is 1.61 bits per heavy atom. The van der Waals surface area contributed by atoms with Crippen LogP contribution in [-0.2, 0) is 12.8 Å². The molecule has 0 spiro atoms. The maximum Gasteiger partial charge on any atom is 0.119 e. The Balaban J connectivity index is 1.57. The lowest BCUT2D eigenvalue weighted by molar-refractivity contribution is 0.414. The number of nitrogens with one attached hydrogen (secondary N) is 1. The highest BCUT2D eigenvalue weighted by molar-refractivity contribution is 5.85. The summed E-state index contributed by atoms with van der Waals surface area (Å²) in [5.74, 6) is 0.940. The minimum atomic E-state index is 0.933. The molecule has 3 aromatic carbocycles. The van der Waals surface area contributed by atoms with Crippen LogP contribution in [0.5, 0.6) is 5.75 Å². The maximum absolute atomic E-state index is 5.44. The number of aryl methyl sites for hydroxylation is 1. The van der Waals surface area contributed by atoms with Crippen LogP contribution in [0.25, 0.3) is 5.57 Å². The van der Waals surface area contributed by atoms with Gasteiger partial charge in [0.05, 0.1) is 7.11 Å². The molecule has 0 bridgehead atoms. The Kier molecular flexibility index (Phi) is 5.89. The molecule has 4 rings (SSSR count). The zero-order valence-electron chi connectivity index (χ0n) is 16.4. The van der Waals surface area contributed by atoms with Crippen molar-refractivity contribution in [2.75, 3.05) is 20.2 Å². The summed E-state index contributed by atoms with van der Waals surface area (Å²) in [6.45, 7) is 1.92. The summed E-state index contributed by atoms with van der Waals surface area (Å²) < 4.78 is 5.44. The van der Waals surface area contributed by atoms with Crippen LogP contribution >= 0.6 is 0 Å². The number of hydrogen-bond acceptors (Lipinski definition) is 2. The van der Waals surface area contributed by atoms with Crippen molar-refractivity contribution in [1.82, 2.24) is 5.32 Å². The summed E-state index contributed by atoms with van der Waals surface area (Å²) in [6, 6.07) is 27.9. The summed E-state index contributed by atoms with van der Waals surface area (Å²) in [6.07, 6.45) is 3.21. The van der Waals surface area contributed by atoms with E-state index in [0.717, 1.165) is 38.1 Å². The minimum Gasteiger partial charge on any atom is -0.497 e. The topological polar surface area (TPSA) is 21.3 Å². The smallest absolute Gasteiger partial charge is 0.119 e. The molecule has 0 fully saturated rings. The summed E-state index contributed by atoms with van der Waals surface area (Å²) in [5, 5.41) is 3.67. The molecule has 0 heterocycles. The van der Waals surface area contributed by atoms with Crippen LogP contribution in [0.4, 0.5) is 0 Å². The maximum atomic E-state index is 5.44. The lowest BCUT2D eigenvalue weighted by Gasteiger charge is -2.25. The number of hydrogen-bond donors (Lipinski definition) is 1. The Labute approximate surface area is 167 Å². The molecule has 2 nitrogen and oxygen atoms in total. The van der Waals surface area contributed by atoms with E-state index in [2.05, 4.69) is 84.2 Å². The first kappa shape index (κ1) is 18.5. The molecule has 142 valence electrons. The van der Waals surface area contributed by atoms with Gasteiger partial charge in [-0.3, -0.25) is 0 Å². The summed E-state index contributed by atoms with van der Waals surface area (Å²) in [4.78, 5) is 0. The quantitative estimate of drug-likeness (QED) is 0.573. The monoisotopic (exact) mass is 369 g/mol. The van der Waals surface area contributed by atoms with E-state index in [9.17, 15) is 0 Å². The Morgan fingerprint density at radius 1 is 0.857 bits per heavy atom. The highest BCUT2D eigenvalue weighted by atomic mass is 16.5. The third-order valence-corrected chi connectivity index (χ3v) is 5.47. The Hall–Kier alpha value is -2.84. The number of rotatable bonds is 7. The first-order valence-corrected chi connectivity index (χ1v) is 10.0. The van der Waals surface area contributed by atoms with E-state index in [0.29, 0.717) is 0 Å². The predicted molar refractivity (Wildman–Crippen MR) is 117 cm³/mol. The first-order valence-electron chi connectivity index (χ1n) is 10.0. The van der Waals surface area contributed by atoms with Crippen LogP contribution in [0.1, 0.15) is 28.7 Å². The Bertz CT molecular complexity index is 945. The summed E-state index contributed by atoms with van der Waals surface area (Å²) >= 11 is 0. The van der Waals surface area contributed by atoms with E-state index in [4.69, 9.17) is 4.74 Å². The second-order valence-corrected chi connectivity index (χ2v) is 7.28. The third kappa shape index (κ3) is 4.18. The Morgan fingerprint density at radius 3 is 2.36 bits per heavy atom. The fraction of sp³-hybridized carbons (Fsp3) is 0.231. The second-order valence-electron chi connectivity index (χ2n) is 7.28. The molecular weight excluding hydrogens is 342 g/mol. The number of ether oxygens (including phenoxy) is 1. The van der Waals surface area contributed by atoms with Gasteiger partial charge < -0.3 is 10.1 Å². The molecule has 0 amide bonds. The molecule has 1 aliphatic rings. The van der Waals surface area contributed by atoms with Crippen LogP contribution in [0.2, 0.25) is 0 Å². The molecule has 1 N–H and O–H groups in total. The van der Waals surface area contributed by atoms with Crippen molar-refractivity contribution in [2.45, 2.75) is 19.3 Å². The molecule has 3 aromatic rings. The third-order valence-electron chi connectivity index (χ3n) is 5.47. The number of benzene rings is 3. The average Bonchev–Trinajstić information content (AvgIpc) is 2.77. The lowest BCUT2D eigenvalue weighted by Crippen LogP contribution is -2.22. The average molecular weight is 370 g/mol. The van der Waals surface area contributed by atoms with Crippen LogP contribution < -0.4 is 10.1 Å². The molecular formula is C26H27NO. The minimum absolute atomic E-state index is 0.933. The molecule has 28 heavy (non-hydrogen) atoms. The van der Waals surface area contributed by atoms with Gasteiger partial charge in [-0.05, 0) is 71.3 Å². The summed E-state index contributed by atoms with van der Waals surface area (Å²) in [7, 11) is 1.74.